The second-order valence-corrected chi connectivity index (χ2v) is 9.17. The fraction of sp³-hybridized carbons (Fsp3) is 0.625. The Bertz CT molecular complexity index is 899. The molecule has 1 aromatic carbocycles. The van der Waals surface area contributed by atoms with Crippen LogP contribution in [0.15, 0.2) is 12.1 Å². The molecule has 0 unspecified atom stereocenters. The number of rotatable bonds is 5. The Morgan fingerprint density at radius 2 is 1.76 bits per heavy atom. The van der Waals surface area contributed by atoms with Crippen molar-refractivity contribution in [2.45, 2.75) is 64.0 Å². The van der Waals surface area contributed by atoms with Gasteiger partial charge in [0, 0.05) is 48.0 Å². The molecule has 1 saturated carbocycles. The molecule has 2 fully saturated rings. The highest BCUT2D eigenvalue weighted by Crippen LogP contribution is 2.40. The summed E-state index contributed by atoms with van der Waals surface area (Å²) in [6.45, 7) is 4.82. The Morgan fingerprint density at radius 1 is 1.03 bits per heavy atom. The number of hydrogen-bond donors (Lipinski definition) is 1. The number of benzene rings is 1. The van der Waals surface area contributed by atoms with Crippen LogP contribution in [0.5, 0.6) is 11.5 Å². The number of likely N-dealkylation sites (tertiary alicyclic amines) is 1. The van der Waals surface area contributed by atoms with E-state index in [1.807, 2.05) is 6.07 Å². The minimum atomic E-state index is 0.534. The molecule has 5 heteroatoms. The van der Waals surface area contributed by atoms with Gasteiger partial charge in [0.15, 0.2) is 11.5 Å². The highest BCUT2D eigenvalue weighted by Gasteiger charge is 2.33. The maximum atomic E-state index is 5.59. The first-order chi connectivity index (χ1) is 14.2. The SMILES string of the molecule is COc1cc2nc3c(c(NC4CCN(C5CC(C)C5)CC4)c2cc1OC)CCC3. The summed E-state index contributed by atoms with van der Waals surface area (Å²) in [6.07, 6.45) is 8.61. The van der Waals surface area contributed by atoms with Crippen molar-refractivity contribution in [3.05, 3.63) is 23.4 Å². The molecule has 2 heterocycles. The summed E-state index contributed by atoms with van der Waals surface area (Å²) >= 11 is 0. The van der Waals surface area contributed by atoms with E-state index in [2.05, 4.69) is 23.2 Å². The van der Waals surface area contributed by atoms with Gasteiger partial charge in [0.25, 0.3) is 0 Å². The highest BCUT2D eigenvalue weighted by atomic mass is 16.5. The third-order valence-electron chi connectivity index (χ3n) is 7.26. The van der Waals surface area contributed by atoms with Crippen molar-refractivity contribution in [3.8, 4) is 11.5 Å². The summed E-state index contributed by atoms with van der Waals surface area (Å²) in [7, 11) is 3.39. The molecule has 5 rings (SSSR count). The number of aromatic nitrogens is 1. The van der Waals surface area contributed by atoms with Gasteiger partial charge in [-0.25, -0.2) is 0 Å². The molecule has 2 aromatic rings. The standard InChI is InChI=1S/C24H33N3O2/c1-15-11-17(12-15)27-9-7-16(8-10-27)25-24-18-5-4-6-20(18)26-21-14-23(29-3)22(28-2)13-19(21)24/h13-17H,4-12H2,1-3H3,(H,25,26). The molecule has 1 saturated heterocycles. The van der Waals surface area contributed by atoms with E-state index in [-0.39, 0.29) is 0 Å². The predicted octanol–water partition coefficient (Wildman–Crippen LogP) is 4.42. The lowest BCUT2D eigenvalue weighted by molar-refractivity contribution is 0.0665. The van der Waals surface area contributed by atoms with Crippen LogP contribution < -0.4 is 14.8 Å². The van der Waals surface area contributed by atoms with E-state index in [4.69, 9.17) is 14.5 Å². The van der Waals surface area contributed by atoms with Gasteiger partial charge in [0.05, 0.1) is 19.7 Å². The summed E-state index contributed by atoms with van der Waals surface area (Å²) in [5.41, 5.74) is 4.97. The van der Waals surface area contributed by atoms with Crippen LogP contribution in [0, 0.1) is 5.92 Å². The average molecular weight is 396 g/mol. The topological polar surface area (TPSA) is 46.6 Å². The fourth-order valence-corrected chi connectivity index (χ4v) is 5.53. The van der Waals surface area contributed by atoms with Crippen LogP contribution in [0.4, 0.5) is 5.69 Å². The molecular formula is C24H33N3O2. The summed E-state index contributed by atoms with van der Waals surface area (Å²) in [5, 5.41) is 5.12. The van der Waals surface area contributed by atoms with E-state index in [1.165, 1.54) is 67.5 Å². The van der Waals surface area contributed by atoms with Crippen molar-refractivity contribution in [2.75, 3.05) is 32.6 Å². The first-order valence-corrected chi connectivity index (χ1v) is 11.2. The predicted molar refractivity (Wildman–Crippen MR) is 117 cm³/mol. The zero-order valence-corrected chi connectivity index (χ0v) is 18.0. The van der Waals surface area contributed by atoms with Crippen LogP contribution in [-0.2, 0) is 12.8 Å². The number of pyridine rings is 1. The highest BCUT2D eigenvalue weighted by molar-refractivity contribution is 5.96. The Balaban J connectivity index is 1.42. The molecule has 3 aliphatic rings. The number of piperidine rings is 1. The summed E-state index contributed by atoms with van der Waals surface area (Å²) in [4.78, 5) is 7.69. The van der Waals surface area contributed by atoms with Gasteiger partial charge in [-0.05, 0) is 62.5 Å². The third-order valence-corrected chi connectivity index (χ3v) is 7.26. The number of hydrogen-bond acceptors (Lipinski definition) is 5. The number of methoxy groups -OCH3 is 2. The molecule has 5 nitrogen and oxygen atoms in total. The second kappa shape index (κ2) is 7.67. The van der Waals surface area contributed by atoms with E-state index in [0.717, 1.165) is 41.8 Å². The fourth-order valence-electron chi connectivity index (χ4n) is 5.53. The van der Waals surface area contributed by atoms with Crippen molar-refractivity contribution in [3.63, 3.8) is 0 Å². The van der Waals surface area contributed by atoms with Crippen LogP contribution in [0.1, 0.15) is 50.3 Å². The quantitative estimate of drug-likeness (QED) is 0.812. The number of nitrogens with one attached hydrogen (secondary N) is 1. The molecule has 0 amide bonds. The number of fused-ring (bicyclic) bond motifs is 2. The Morgan fingerprint density at radius 3 is 2.45 bits per heavy atom. The summed E-state index contributed by atoms with van der Waals surface area (Å²) in [5.74, 6) is 2.45. The molecule has 1 N–H and O–H groups in total. The molecule has 0 bridgehead atoms. The average Bonchev–Trinajstić information content (AvgIpc) is 3.19. The van der Waals surface area contributed by atoms with Gasteiger partial charge < -0.3 is 19.7 Å². The van der Waals surface area contributed by atoms with E-state index >= 15 is 0 Å². The summed E-state index contributed by atoms with van der Waals surface area (Å²) in [6, 6.07) is 5.51. The van der Waals surface area contributed by atoms with Gasteiger partial charge in [-0.1, -0.05) is 6.92 Å². The van der Waals surface area contributed by atoms with Gasteiger partial charge in [0.1, 0.15) is 0 Å². The number of ether oxygens (including phenoxy) is 2. The van der Waals surface area contributed by atoms with E-state index in [0.29, 0.717) is 6.04 Å². The lowest BCUT2D eigenvalue weighted by Crippen LogP contribution is -2.49. The van der Waals surface area contributed by atoms with E-state index in [1.54, 1.807) is 14.2 Å². The second-order valence-electron chi connectivity index (χ2n) is 9.17. The van der Waals surface area contributed by atoms with Crippen LogP contribution in [0.3, 0.4) is 0 Å². The first kappa shape index (κ1) is 19.0. The minimum absolute atomic E-state index is 0.534. The third kappa shape index (κ3) is 3.43. The molecule has 0 spiro atoms. The molecule has 0 atom stereocenters. The van der Waals surface area contributed by atoms with Crippen molar-refractivity contribution in [1.29, 1.82) is 0 Å². The normalized spacial score (nSPS) is 24.9. The van der Waals surface area contributed by atoms with Crippen LogP contribution in [-0.4, -0.2) is 49.3 Å². The van der Waals surface area contributed by atoms with E-state index < -0.39 is 0 Å². The summed E-state index contributed by atoms with van der Waals surface area (Å²) < 4.78 is 11.1. The molecule has 1 aliphatic heterocycles. The largest absolute Gasteiger partial charge is 0.493 e. The van der Waals surface area contributed by atoms with Gasteiger partial charge >= 0.3 is 0 Å². The minimum Gasteiger partial charge on any atom is -0.493 e. The zero-order valence-electron chi connectivity index (χ0n) is 18.0. The smallest absolute Gasteiger partial charge is 0.162 e. The lowest BCUT2D eigenvalue weighted by atomic mass is 9.80. The van der Waals surface area contributed by atoms with Gasteiger partial charge in [-0.2, -0.15) is 0 Å². The van der Waals surface area contributed by atoms with Crippen molar-refractivity contribution in [1.82, 2.24) is 9.88 Å². The van der Waals surface area contributed by atoms with Crippen molar-refractivity contribution in [2.24, 2.45) is 5.92 Å². The maximum absolute atomic E-state index is 5.59. The molecule has 156 valence electrons. The van der Waals surface area contributed by atoms with Gasteiger partial charge in [-0.3, -0.25) is 4.98 Å². The monoisotopic (exact) mass is 395 g/mol. The lowest BCUT2D eigenvalue weighted by Gasteiger charge is -2.45. The van der Waals surface area contributed by atoms with Crippen molar-refractivity contribution >= 4 is 16.6 Å². The molecular weight excluding hydrogens is 362 g/mol. The zero-order chi connectivity index (χ0) is 20.0. The van der Waals surface area contributed by atoms with Crippen LogP contribution in [0.25, 0.3) is 10.9 Å². The van der Waals surface area contributed by atoms with Crippen molar-refractivity contribution < 1.29 is 9.47 Å². The van der Waals surface area contributed by atoms with Gasteiger partial charge in [0.2, 0.25) is 0 Å². The van der Waals surface area contributed by atoms with E-state index in [9.17, 15) is 0 Å². The Hall–Kier alpha value is -2.01. The maximum Gasteiger partial charge on any atom is 0.162 e. The Labute approximate surface area is 173 Å². The Kier molecular flexibility index (Phi) is 5.02. The molecule has 0 radical (unpaired) electrons. The van der Waals surface area contributed by atoms with Crippen LogP contribution >= 0.6 is 0 Å². The van der Waals surface area contributed by atoms with Gasteiger partial charge in [-0.15, -0.1) is 0 Å². The van der Waals surface area contributed by atoms with Crippen LogP contribution in [0.2, 0.25) is 0 Å². The molecule has 2 aliphatic carbocycles. The number of aryl methyl sites for hydroxylation is 1. The molecule has 1 aromatic heterocycles. The number of nitrogens with zero attached hydrogens (tertiary/aromatic N) is 2. The molecule has 29 heavy (non-hydrogen) atoms. The first-order valence-electron chi connectivity index (χ1n) is 11.2. The number of anilines is 1.